The van der Waals surface area contributed by atoms with Crippen LogP contribution in [-0.2, 0) is 27.3 Å². The quantitative estimate of drug-likeness (QED) is 0.372. The van der Waals surface area contributed by atoms with Crippen molar-refractivity contribution in [2.24, 2.45) is 0 Å². The number of aromatic nitrogens is 2. The number of anilines is 3. The van der Waals surface area contributed by atoms with Gasteiger partial charge in [-0.05, 0) is 35.6 Å². The van der Waals surface area contributed by atoms with Gasteiger partial charge in [-0.2, -0.15) is 0 Å². The van der Waals surface area contributed by atoms with Crippen molar-refractivity contribution in [3.8, 4) is 0 Å². The fourth-order valence-corrected chi connectivity index (χ4v) is 6.94. The summed E-state index contributed by atoms with van der Waals surface area (Å²) in [5.74, 6) is -4.57. The average Bonchev–Trinajstić information content (AvgIpc) is 3.58. The van der Waals surface area contributed by atoms with Crippen molar-refractivity contribution in [1.29, 1.82) is 0 Å². The molecule has 1 unspecified atom stereocenters. The second-order valence-corrected chi connectivity index (χ2v) is 11.5. The molecule has 2 saturated heterocycles. The first-order valence-corrected chi connectivity index (χ1v) is 14.0. The van der Waals surface area contributed by atoms with Crippen LogP contribution >= 0.6 is 22.9 Å². The van der Waals surface area contributed by atoms with Gasteiger partial charge in [-0.15, -0.1) is 0 Å². The molecule has 3 atom stereocenters. The number of pyridine rings is 1. The molecule has 2 aliphatic rings. The molecular formula is C23H22ClF2N6O5S2-. The molecule has 1 amide bonds. The lowest BCUT2D eigenvalue weighted by Gasteiger charge is -2.30. The SMILES string of the molecule is Nc1nccc2cc(C[C@H](C(=O)O)N3CC[C@H](N(c4cnc(N5CCC(F)(F)C5)s4)S(=O)[O-])C3=O)c(Cl)cc12. The number of carboxylic acid groups (broad SMARTS) is 1. The van der Waals surface area contributed by atoms with Crippen LogP contribution in [0.15, 0.2) is 30.6 Å². The van der Waals surface area contributed by atoms with Crippen LogP contribution in [0.5, 0.6) is 0 Å². The molecule has 0 aliphatic carbocycles. The van der Waals surface area contributed by atoms with Crippen LogP contribution < -0.4 is 14.9 Å². The first kappa shape index (κ1) is 27.4. The molecule has 1 aromatic carbocycles. The van der Waals surface area contributed by atoms with Gasteiger partial charge in [0.05, 0.1) is 12.7 Å². The van der Waals surface area contributed by atoms with E-state index in [9.17, 15) is 32.2 Å². The zero-order valence-electron chi connectivity index (χ0n) is 20.1. The Morgan fingerprint density at radius 1 is 1.38 bits per heavy atom. The third kappa shape index (κ3) is 5.35. The number of amides is 1. The summed E-state index contributed by atoms with van der Waals surface area (Å²) in [6, 6.07) is 2.44. The Bertz CT molecular complexity index is 1480. The van der Waals surface area contributed by atoms with Gasteiger partial charge in [-0.1, -0.05) is 22.9 Å². The zero-order chi connectivity index (χ0) is 28.1. The molecule has 0 radical (unpaired) electrons. The van der Waals surface area contributed by atoms with Crippen molar-refractivity contribution in [2.45, 2.75) is 37.3 Å². The molecule has 39 heavy (non-hydrogen) atoms. The second-order valence-electron chi connectivity index (χ2n) is 9.31. The number of hydrogen-bond acceptors (Lipinski definition) is 9. The lowest BCUT2D eigenvalue weighted by Crippen LogP contribution is -2.48. The van der Waals surface area contributed by atoms with E-state index in [0.29, 0.717) is 16.3 Å². The molecule has 2 aromatic heterocycles. The number of carbonyl (C=O) groups is 2. The van der Waals surface area contributed by atoms with Gasteiger partial charge in [0.2, 0.25) is 5.91 Å². The molecular weight excluding hydrogens is 578 g/mol. The van der Waals surface area contributed by atoms with Crippen LogP contribution in [0.1, 0.15) is 18.4 Å². The molecule has 5 rings (SSSR count). The summed E-state index contributed by atoms with van der Waals surface area (Å²) in [6.45, 7) is -0.477. The molecule has 0 bridgehead atoms. The summed E-state index contributed by atoms with van der Waals surface area (Å²) in [4.78, 5) is 36.3. The molecule has 4 heterocycles. The van der Waals surface area contributed by atoms with Crippen molar-refractivity contribution >= 4 is 72.8 Å². The van der Waals surface area contributed by atoms with Gasteiger partial charge < -0.3 is 25.2 Å². The highest BCUT2D eigenvalue weighted by Crippen LogP contribution is 2.38. The van der Waals surface area contributed by atoms with E-state index in [1.165, 1.54) is 17.3 Å². The van der Waals surface area contributed by atoms with Gasteiger partial charge in [0.1, 0.15) is 22.9 Å². The standard InChI is InChI=1S/C23H23ClF2N6O5S2/c24-15-9-14-12(1-4-28-19(14)27)7-13(15)8-17(21(34)35)31-5-2-16(20(31)33)32(39(36)37)18-10-29-22(38-18)30-6-3-23(25,26)11-30/h1,4,7,9-10,16-17H,2-3,5-6,8,11H2,(H2,27,28)(H,34,35)(H,36,37)/p-1/t16-,17+/m0/s1. The van der Waals surface area contributed by atoms with E-state index in [1.54, 1.807) is 18.2 Å². The monoisotopic (exact) mass is 599 g/mol. The molecule has 2 aliphatic heterocycles. The van der Waals surface area contributed by atoms with Gasteiger partial charge >= 0.3 is 5.97 Å². The summed E-state index contributed by atoms with van der Waals surface area (Å²) >= 11 is 4.38. The highest BCUT2D eigenvalue weighted by atomic mass is 35.5. The largest absolute Gasteiger partial charge is 0.755 e. The minimum atomic E-state index is -2.91. The second kappa shape index (κ2) is 10.4. The molecule has 16 heteroatoms. The van der Waals surface area contributed by atoms with E-state index in [2.05, 4.69) is 9.97 Å². The van der Waals surface area contributed by atoms with Gasteiger partial charge in [0, 0.05) is 53.8 Å². The minimum absolute atomic E-state index is 0.0136. The average molecular weight is 600 g/mol. The maximum absolute atomic E-state index is 13.6. The van der Waals surface area contributed by atoms with Crippen molar-refractivity contribution in [3.63, 3.8) is 0 Å². The number of nitrogens with two attached hydrogens (primary N) is 1. The van der Waals surface area contributed by atoms with E-state index in [0.717, 1.165) is 20.5 Å². The predicted molar refractivity (Wildman–Crippen MR) is 142 cm³/mol. The Morgan fingerprint density at radius 2 is 2.15 bits per heavy atom. The summed E-state index contributed by atoms with van der Waals surface area (Å²) < 4.78 is 52.5. The number of carbonyl (C=O) groups excluding carboxylic acids is 1. The smallest absolute Gasteiger partial charge is 0.326 e. The zero-order valence-corrected chi connectivity index (χ0v) is 22.5. The van der Waals surface area contributed by atoms with Crippen LogP contribution in [0.3, 0.4) is 0 Å². The Balaban J connectivity index is 1.38. The Morgan fingerprint density at radius 3 is 2.82 bits per heavy atom. The summed E-state index contributed by atoms with van der Waals surface area (Å²) in [5, 5.41) is 11.8. The van der Waals surface area contributed by atoms with Crippen molar-refractivity contribution in [1.82, 2.24) is 14.9 Å². The minimum Gasteiger partial charge on any atom is -0.755 e. The number of nitrogens with zero attached hydrogens (tertiary/aromatic N) is 5. The number of rotatable bonds is 8. The van der Waals surface area contributed by atoms with Crippen molar-refractivity contribution < 1.29 is 32.2 Å². The third-order valence-corrected chi connectivity index (χ3v) is 9.13. The lowest BCUT2D eigenvalue weighted by atomic mass is 10.0. The summed E-state index contributed by atoms with van der Waals surface area (Å²) in [6.07, 6.45) is 2.29. The third-order valence-electron chi connectivity index (χ3n) is 6.83. The molecule has 11 nitrogen and oxygen atoms in total. The van der Waals surface area contributed by atoms with Crippen molar-refractivity contribution in [3.05, 3.63) is 41.2 Å². The molecule has 0 spiro atoms. The number of thiazole rings is 1. The fourth-order valence-electron chi connectivity index (χ4n) is 4.91. The Hall–Kier alpha value is -3.14. The first-order valence-electron chi connectivity index (χ1n) is 11.8. The topological polar surface area (TPSA) is 156 Å². The predicted octanol–water partition coefficient (Wildman–Crippen LogP) is 2.67. The highest BCUT2D eigenvalue weighted by Gasteiger charge is 2.44. The summed E-state index contributed by atoms with van der Waals surface area (Å²) in [5.41, 5.74) is 6.37. The number of aliphatic carboxylic acids is 1. The van der Waals surface area contributed by atoms with Gasteiger partial charge in [-0.25, -0.2) is 23.5 Å². The first-order chi connectivity index (χ1) is 18.4. The van der Waals surface area contributed by atoms with Crippen LogP contribution in [-0.4, -0.2) is 78.3 Å². The number of benzene rings is 1. The van der Waals surface area contributed by atoms with Crippen LogP contribution in [0.2, 0.25) is 5.02 Å². The van der Waals surface area contributed by atoms with Gasteiger partial charge in [0.15, 0.2) is 5.13 Å². The van der Waals surface area contributed by atoms with E-state index >= 15 is 0 Å². The van der Waals surface area contributed by atoms with E-state index in [4.69, 9.17) is 17.3 Å². The van der Waals surface area contributed by atoms with Crippen LogP contribution in [0.25, 0.3) is 10.8 Å². The van der Waals surface area contributed by atoms with E-state index in [1.807, 2.05) is 0 Å². The molecule has 3 N–H and O–H groups in total. The van der Waals surface area contributed by atoms with E-state index < -0.39 is 47.7 Å². The molecule has 0 saturated carbocycles. The molecule has 3 aromatic rings. The number of likely N-dealkylation sites (tertiary alicyclic amines) is 1. The van der Waals surface area contributed by atoms with Crippen LogP contribution in [0.4, 0.5) is 24.7 Å². The number of carboxylic acids is 1. The Kier molecular flexibility index (Phi) is 7.35. The molecule has 208 valence electrons. The maximum atomic E-state index is 13.6. The van der Waals surface area contributed by atoms with Gasteiger partial charge in [0.25, 0.3) is 5.92 Å². The molecule has 2 fully saturated rings. The van der Waals surface area contributed by atoms with Gasteiger partial charge in [-0.3, -0.25) is 13.3 Å². The number of nitrogen functional groups attached to an aromatic ring is 1. The van der Waals surface area contributed by atoms with Crippen LogP contribution in [0, 0.1) is 0 Å². The highest BCUT2D eigenvalue weighted by molar-refractivity contribution is 7.81. The number of hydrogen-bond donors (Lipinski definition) is 2. The normalized spacial score (nSPS) is 20.5. The maximum Gasteiger partial charge on any atom is 0.326 e. The number of alkyl halides is 2. The van der Waals surface area contributed by atoms with Crippen molar-refractivity contribution in [2.75, 3.05) is 34.6 Å². The fraction of sp³-hybridized carbons (Fsp3) is 0.391. The number of fused-ring (bicyclic) bond motifs is 1. The number of halogens is 3. The Labute approximate surface area is 232 Å². The summed E-state index contributed by atoms with van der Waals surface area (Å²) in [7, 11) is 0. The lowest BCUT2D eigenvalue weighted by molar-refractivity contribution is -0.148. The van der Waals surface area contributed by atoms with E-state index in [-0.39, 0.29) is 53.3 Å².